The third-order valence-corrected chi connectivity index (χ3v) is 10.7. The van der Waals surface area contributed by atoms with Gasteiger partial charge in [0, 0.05) is 62.9 Å². The van der Waals surface area contributed by atoms with Gasteiger partial charge in [0.1, 0.15) is 11.4 Å². The van der Waals surface area contributed by atoms with Crippen molar-refractivity contribution in [3.05, 3.63) is 106 Å². The number of nitrogens with one attached hydrogen (secondary N) is 2. The zero-order chi connectivity index (χ0) is 41.1. The number of aldehydes is 1. The van der Waals surface area contributed by atoms with Crippen LogP contribution in [0.5, 0.6) is 0 Å². The van der Waals surface area contributed by atoms with Gasteiger partial charge < -0.3 is 25.1 Å². The molecule has 5 heterocycles. The number of aromatic nitrogens is 5. The van der Waals surface area contributed by atoms with Crippen LogP contribution in [-0.2, 0) is 22.6 Å². The van der Waals surface area contributed by atoms with Crippen LogP contribution in [-0.4, -0.2) is 97.6 Å². The summed E-state index contributed by atoms with van der Waals surface area (Å²) < 4.78 is 3.14. The van der Waals surface area contributed by atoms with Gasteiger partial charge >= 0.3 is 0 Å². The topological polar surface area (TPSA) is 188 Å². The molecule has 0 bridgehead atoms. The van der Waals surface area contributed by atoms with Crippen LogP contribution in [0, 0.1) is 0 Å². The fourth-order valence-electron chi connectivity index (χ4n) is 7.76. The summed E-state index contributed by atoms with van der Waals surface area (Å²) in [6.45, 7) is 10.6. The largest absolute Gasteiger partial charge is 0.387 e. The highest BCUT2D eigenvalue weighted by Crippen LogP contribution is 2.31. The minimum Gasteiger partial charge on any atom is -0.387 e. The number of nitrogens with zero attached hydrogens (tertiary/aromatic N) is 8. The number of carbonyl (C=O) groups is 4. The van der Waals surface area contributed by atoms with Gasteiger partial charge in [-0.1, -0.05) is 32.1 Å². The Morgan fingerprint density at radius 2 is 1.72 bits per heavy atom. The van der Waals surface area contributed by atoms with E-state index in [-0.39, 0.29) is 42.0 Å². The highest BCUT2D eigenvalue weighted by Gasteiger charge is 2.34. The summed E-state index contributed by atoms with van der Waals surface area (Å²) in [5.74, 6) is -0.592. The normalized spacial score (nSPS) is 17.6. The lowest BCUT2D eigenvalue weighted by atomic mass is 10.0. The predicted octanol–water partition coefficient (Wildman–Crippen LogP) is 3.93. The van der Waals surface area contributed by atoms with Gasteiger partial charge in [-0.15, -0.1) is 6.58 Å². The summed E-state index contributed by atoms with van der Waals surface area (Å²) in [5.41, 5.74) is 4.54. The van der Waals surface area contributed by atoms with E-state index in [9.17, 15) is 29.1 Å². The maximum Gasteiger partial charge on any atom is 0.278 e. The number of amides is 3. The second kappa shape index (κ2) is 16.8. The van der Waals surface area contributed by atoms with Gasteiger partial charge in [0.2, 0.25) is 17.8 Å². The number of allylic oxidation sites excluding steroid dienone is 1. The van der Waals surface area contributed by atoms with E-state index in [2.05, 4.69) is 32.0 Å². The van der Waals surface area contributed by atoms with Crippen LogP contribution in [0.4, 0.5) is 23.0 Å². The predicted molar refractivity (Wildman–Crippen MR) is 220 cm³/mol. The Labute approximate surface area is 334 Å². The van der Waals surface area contributed by atoms with E-state index in [1.807, 2.05) is 56.3 Å². The number of aliphatic hydroxyl groups excluding tert-OH is 1. The average Bonchev–Trinajstić information content (AvgIpc) is 3.75. The molecule has 58 heavy (non-hydrogen) atoms. The lowest BCUT2D eigenvalue weighted by Crippen LogP contribution is -2.53. The second-order valence-corrected chi connectivity index (χ2v) is 14.1. The van der Waals surface area contributed by atoms with Crippen LogP contribution >= 0.6 is 0 Å². The smallest absolute Gasteiger partial charge is 0.278 e. The average molecular weight is 787 g/mol. The Hall–Kier alpha value is -6.68. The van der Waals surface area contributed by atoms with Gasteiger partial charge in [-0.25, -0.2) is 19.3 Å². The van der Waals surface area contributed by atoms with E-state index < -0.39 is 24.0 Å². The lowest BCUT2D eigenvalue weighted by molar-refractivity contribution is -0.136. The molecule has 3 aliphatic rings. The summed E-state index contributed by atoms with van der Waals surface area (Å²) in [5, 5.41) is 16.3. The molecule has 2 atom stereocenters. The molecule has 3 N–H and O–H groups in total. The number of pyridine rings is 1. The first-order valence-electron chi connectivity index (χ1n) is 19.5. The Morgan fingerprint density at radius 1 is 0.983 bits per heavy atom. The summed E-state index contributed by atoms with van der Waals surface area (Å²) >= 11 is 0. The molecule has 0 spiro atoms. The molecule has 2 saturated heterocycles. The molecular formula is C42H46N10O6. The van der Waals surface area contributed by atoms with Crippen molar-refractivity contribution >= 4 is 58.1 Å². The standard InChI is InChI=1S/C40H40N10O6.C2H6/c1-3-17-49-39(56)28-22-41-40(45-36(28)50(49)33-15-8-24-7-14-32(52)35(24)43-33)42-25-9-11-26(12-10-25)47-18-20-48(21-19-47)30-6-4-5-27(29(30)23-51)38(55)46(2)31-13-16-34(53)44-37(31)54;1-2/h3-6,8-12,15,22-23,31-32,52H,1,7,13-14,16-21H2,2H3,(H,41,42,45)(H,44,53,54);1-2H3. The first-order chi connectivity index (χ1) is 28.1. The van der Waals surface area contributed by atoms with Crippen LogP contribution in [0.25, 0.3) is 16.9 Å². The lowest BCUT2D eigenvalue weighted by Gasteiger charge is -2.38. The fraction of sp³-hybridized carbons (Fsp3) is 0.333. The maximum absolute atomic E-state index is 13.5. The number of imide groups is 1. The van der Waals surface area contributed by atoms with Crippen molar-refractivity contribution in [1.82, 2.24) is 34.5 Å². The van der Waals surface area contributed by atoms with Crippen molar-refractivity contribution in [2.75, 3.05) is 48.3 Å². The van der Waals surface area contributed by atoms with Crippen molar-refractivity contribution in [3.8, 4) is 5.82 Å². The van der Waals surface area contributed by atoms with Gasteiger partial charge in [-0.05, 0) is 67.3 Å². The van der Waals surface area contributed by atoms with Crippen LogP contribution in [0.15, 0.2) is 78.2 Å². The number of hydrogen-bond acceptors (Lipinski definition) is 12. The van der Waals surface area contributed by atoms with Crippen molar-refractivity contribution in [1.29, 1.82) is 0 Å². The number of piperidine rings is 1. The second-order valence-electron chi connectivity index (χ2n) is 14.1. The zero-order valence-electron chi connectivity index (χ0n) is 32.7. The number of hydrogen-bond donors (Lipinski definition) is 3. The third-order valence-electron chi connectivity index (χ3n) is 10.7. The van der Waals surface area contributed by atoms with Crippen LogP contribution < -0.4 is 26.0 Å². The van der Waals surface area contributed by atoms with Crippen molar-refractivity contribution in [2.45, 2.75) is 58.2 Å². The maximum atomic E-state index is 13.5. The van der Waals surface area contributed by atoms with Crippen LogP contribution in [0.1, 0.15) is 71.2 Å². The number of rotatable bonds is 10. The summed E-state index contributed by atoms with van der Waals surface area (Å²) in [4.78, 5) is 82.9. The van der Waals surface area contributed by atoms with E-state index in [1.165, 1.54) is 22.8 Å². The van der Waals surface area contributed by atoms with Gasteiger partial charge in [0.05, 0.1) is 29.5 Å². The molecule has 3 amide bonds. The number of anilines is 4. The quantitative estimate of drug-likeness (QED) is 0.105. The van der Waals surface area contributed by atoms with E-state index in [1.54, 1.807) is 22.9 Å². The first kappa shape index (κ1) is 39.6. The van der Waals surface area contributed by atoms with Crippen molar-refractivity contribution in [2.24, 2.45) is 0 Å². The number of carbonyl (C=O) groups excluding carboxylic acids is 4. The van der Waals surface area contributed by atoms with Crippen molar-refractivity contribution < 1.29 is 24.3 Å². The van der Waals surface area contributed by atoms with Gasteiger partial charge in [0.25, 0.3) is 11.5 Å². The molecule has 2 aliphatic heterocycles. The monoisotopic (exact) mass is 786 g/mol. The number of benzene rings is 2. The molecule has 3 aromatic heterocycles. The Kier molecular flexibility index (Phi) is 11.5. The minimum absolute atomic E-state index is 0.140. The molecule has 16 nitrogen and oxygen atoms in total. The molecule has 2 aromatic carbocycles. The molecule has 16 heteroatoms. The van der Waals surface area contributed by atoms with E-state index in [4.69, 9.17) is 9.97 Å². The van der Waals surface area contributed by atoms with Gasteiger partial charge in [0.15, 0.2) is 17.8 Å². The first-order valence-corrected chi connectivity index (χ1v) is 19.5. The molecule has 0 saturated carbocycles. The number of likely N-dealkylation sites (N-methyl/N-ethyl adjacent to an activating group) is 1. The van der Waals surface area contributed by atoms with E-state index in [0.717, 1.165) is 23.4 Å². The van der Waals surface area contributed by atoms with E-state index in [0.29, 0.717) is 73.1 Å². The molecule has 5 aromatic rings. The number of fused-ring (bicyclic) bond motifs is 2. The number of piperazine rings is 1. The van der Waals surface area contributed by atoms with Gasteiger partial charge in [-0.3, -0.25) is 29.3 Å². The third kappa shape index (κ3) is 7.45. The van der Waals surface area contributed by atoms with Crippen LogP contribution in [0.3, 0.4) is 0 Å². The highest BCUT2D eigenvalue weighted by molar-refractivity contribution is 6.07. The number of aryl methyl sites for hydroxylation is 1. The minimum atomic E-state index is -0.798. The Balaban J connectivity index is 0.00000252. The summed E-state index contributed by atoms with van der Waals surface area (Å²) in [7, 11) is 1.51. The highest BCUT2D eigenvalue weighted by atomic mass is 16.3. The van der Waals surface area contributed by atoms with Crippen LogP contribution in [0.2, 0.25) is 0 Å². The Bertz CT molecular complexity index is 2450. The van der Waals surface area contributed by atoms with Crippen molar-refractivity contribution in [3.63, 3.8) is 0 Å². The molecule has 8 rings (SSSR count). The Morgan fingerprint density at radius 3 is 2.43 bits per heavy atom. The molecule has 300 valence electrons. The number of aliphatic hydroxyl groups is 1. The fourth-order valence-corrected chi connectivity index (χ4v) is 7.76. The SMILES string of the molecule is C=CCn1c(=O)c2cnc(Nc3ccc(N4CCN(c5cccc(C(=O)N(C)C6CCC(=O)NC6=O)c5C=O)CC4)cc3)nc2n1-c1ccc2c(n1)C(O)CC2.CC. The zero-order valence-corrected chi connectivity index (χ0v) is 32.7. The van der Waals surface area contributed by atoms with E-state index >= 15 is 0 Å². The molecular weight excluding hydrogens is 741 g/mol. The summed E-state index contributed by atoms with van der Waals surface area (Å²) in [6, 6.07) is 15.9. The molecule has 2 unspecified atom stereocenters. The summed E-state index contributed by atoms with van der Waals surface area (Å²) in [6.07, 6.45) is 4.87. The molecule has 0 radical (unpaired) electrons. The molecule has 2 fully saturated rings. The molecule has 1 aliphatic carbocycles. The van der Waals surface area contributed by atoms with Gasteiger partial charge in [-0.2, -0.15) is 4.98 Å².